The topological polar surface area (TPSA) is 112 Å². The minimum atomic E-state index is -1.83. The normalized spacial score (nSPS) is 47.8. The molecule has 3 saturated heterocycles. The van der Waals surface area contributed by atoms with E-state index in [1.807, 2.05) is 26.0 Å². The zero-order valence-electron chi connectivity index (χ0n) is 24.3. The third kappa shape index (κ3) is 5.41. The third-order valence-electron chi connectivity index (χ3n) is 9.45. The van der Waals surface area contributed by atoms with E-state index in [0.717, 1.165) is 18.4 Å². The van der Waals surface area contributed by atoms with Crippen molar-refractivity contribution in [2.45, 2.75) is 115 Å². The molecule has 0 radical (unpaired) electrons. The Bertz CT molecular complexity index is 1140. The molecule has 8 nitrogen and oxygen atoms in total. The third-order valence-corrected chi connectivity index (χ3v) is 9.45. The van der Waals surface area contributed by atoms with Crippen LogP contribution in [0.2, 0.25) is 0 Å². The Morgan fingerprint density at radius 2 is 1.85 bits per heavy atom. The van der Waals surface area contributed by atoms with Crippen molar-refractivity contribution in [3.8, 4) is 0 Å². The Morgan fingerprint density at radius 1 is 1.07 bits per heavy atom. The maximum Gasteiger partial charge on any atom is 0.316 e. The number of Topliss-reactive ketones (excluding diaryl/α,β-unsaturated/α-hetero) is 1. The molecule has 4 aliphatic heterocycles. The molecule has 220 valence electrons. The fraction of sp³-hybridized carbons (Fsp3) is 0.688. The van der Waals surface area contributed by atoms with Gasteiger partial charge in [0, 0.05) is 25.7 Å². The molecule has 10 atom stereocenters. The number of ether oxygens (including phenoxy) is 4. The Hall–Kier alpha value is -2.10. The van der Waals surface area contributed by atoms with Crippen LogP contribution in [0.25, 0.3) is 0 Å². The van der Waals surface area contributed by atoms with Gasteiger partial charge in [-0.1, -0.05) is 51.2 Å². The Balaban J connectivity index is 1.54. The number of rotatable bonds is 1. The van der Waals surface area contributed by atoms with Gasteiger partial charge in [-0.15, -0.1) is 0 Å². The molecule has 0 aromatic carbocycles. The van der Waals surface area contributed by atoms with Crippen LogP contribution < -0.4 is 0 Å². The molecule has 5 rings (SSSR count). The van der Waals surface area contributed by atoms with Crippen LogP contribution >= 0.6 is 0 Å². The van der Waals surface area contributed by atoms with Gasteiger partial charge in [0.2, 0.25) is 0 Å². The van der Waals surface area contributed by atoms with Crippen LogP contribution in [0.3, 0.4) is 0 Å². The minimum Gasteiger partial charge on any atom is -0.462 e. The molecule has 4 heterocycles. The van der Waals surface area contributed by atoms with Gasteiger partial charge >= 0.3 is 5.97 Å². The first-order valence-corrected chi connectivity index (χ1v) is 14.8. The number of hydrogen-bond acceptors (Lipinski definition) is 8. The maximum absolute atomic E-state index is 13.9. The summed E-state index contributed by atoms with van der Waals surface area (Å²) in [5.74, 6) is -2.53. The number of ketones is 1. The zero-order chi connectivity index (χ0) is 28.8. The molecular weight excluding hydrogens is 512 g/mol. The van der Waals surface area contributed by atoms with E-state index in [-0.39, 0.29) is 30.5 Å². The number of fused-ring (bicyclic) bond motifs is 2. The maximum atomic E-state index is 13.9. The first-order chi connectivity index (χ1) is 19.0. The highest BCUT2D eigenvalue weighted by atomic mass is 16.7. The summed E-state index contributed by atoms with van der Waals surface area (Å²) >= 11 is 0. The van der Waals surface area contributed by atoms with Crippen LogP contribution in [0.4, 0.5) is 0 Å². The fourth-order valence-electron chi connectivity index (χ4n) is 7.08. The van der Waals surface area contributed by atoms with E-state index in [1.165, 1.54) is 6.08 Å². The molecule has 3 fully saturated rings. The highest BCUT2D eigenvalue weighted by Gasteiger charge is 2.60. The van der Waals surface area contributed by atoms with E-state index in [1.54, 1.807) is 19.1 Å². The molecule has 0 saturated carbocycles. The van der Waals surface area contributed by atoms with Gasteiger partial charge in [0.05, 0.1) is 24.9 Å². The number of carbonyl (C=O) groups excluding carboxylic acids is 2. The molecule has 8 heteroatoms. The summed E-state index contributed by atoms with van der Waals surface area (Å²) in [7, 11) is 0. The number of allylic oxidation sites excluding steroid dienone is 4. The second kappa shape index (κ2) is 11.3. The molecule has 5 aliphatic rings. The van der Waals surface area contributed by atoms with Crippen LogP contribution in [0.5, 0.6) is 0 Å². The SMILES string of the molecule is CC[C@H]1O[C@]2(CC[C@@H]1C)C[C@@H]1C[C@@H](C[C@H](O)/C(C)=C\[C@@H](C)/C=C/C=C3\CO[C@@H]4C(=O)C(C)=C[C@@H](C(=O)O1)[C@]34O)O2. The number of aliphatic hydroxyl groups is 2. The molecule has 2 bridgehead atoms. The van der Waals surface area contributed by atoms with E-state index in [4.69, 9.17) is 18.9 Å². The number of aliphatic hydroxyl groups excluding tert-OH is 1. The quantitative estimate of drug-likeness (QED) is 0.367. The summed E-state index contributed by atoms with van der Waals surface area (Å²) in [5.41, 5.74) is -0.159. The lowest BCUT2D eigenvalue weighted by Gasteiger charge is -2.50. The van der Waals surface area contributed by atoms with Crippen molar-refractivity contribution < 1.29 is 38.7 Å². The molecular formula is C32H44O8. The minimum absolute atomic E-state index is 0.00269. The van der Waals surface area contributed by atoms with Crippen LogP contribution in [0.1, 0.15) is 73.1 Å². The van der Waals surface area contributed by atoms with E-state index >= 15 is 0 Å². The highest BCUT2D eigenvalue weighted by molar-refractivity contribution is 6.03. The Morgan fingerprint density at radius 3 is 2.60 bits per heavy atom. The van der Waals surface area contributed by atoms with Crippen LogP contribution in [0.15, 0.2) is 47.1 Å². The van der Waals surface area contributed by atoms with Crippen molar-refractivity contribution in [3.63, 3.8) is 0 Å². The van der Waals surface area contributed by atoms with Crippen molar-refractivity contribution in [2.75, 3.05) is 6.61 Å². The summed E-state index contributed by atoms with van der Waals surface area (Å²) in [6.45, 7) is 9.87. The zero-order valence-corrected chi connectivity index (χ0v) is 24.3. The van der Waals surface area contributed by atoms with Gasteiger partial charge in [-0.25, -0.2) is 0 Å². The van der Waals surface area contributed by atoms with Crippen molar-refractivity contribution >= 4 is 11.8 Å². The van der Waals surface area contributed by atoms with Gasteiger partial charge in [-0.05, 0) is 55.2 Å². The molecule has 40 heavy (non-hydrogen) atoms. The van der Waals surface area contributed by atoms with Crippen LogP contribution in [-0.2, 0) is 28.5 Å². The molecule has 0 unspecified atom stereocenters. The smallest absolute Gasteiger partial charge is 0.316 e. The average molecular weight is 557 g/mol. The summed E-state index contributed by atoms with van der Waals surface area (Å²) in [6.07, 6.45) is 9.80. The Labute approximate surface area is 237 Å². The van der Waals surface area contributed by atoms with E-state index in [2.05, 4.69) is 13.8 Å². The average Bonchev–Trinajstić information content (AvgIpc) is 3.24. The second-order valence-electron chi connectivity index (χ2n) is 12.5. The number of hydrogen-bond donors (Lipinski definition) is 2. The van der Waals surface area contributed by atoms with Crippen molar-refractivity contribution in [1.29, 1.82) is 0 Å². The van der Waals surface area contributed by atoms with Crippen LogP contribution in [0, 0.1) is 17.8 Å². The van der Waals surface area contributed by atoms with Crippen molar-refractivity contribution in [1.82, 2.24) is 0 Å². The molecule has 0 aromatic rings. The first kappa shape index (κ1) is 29.4. The number of esters is 1. The van der Waals surface area contributed by atoms with Crippen LogP contribution in [-0.4, -0.2) is 70.5 Å². The van der Waals surface area contributed by atoms with Gasteiger partial charge < -0.3 is 29.2 Å². The molecule has 1 spiro atoms. The van der Waals surface area contributed by atoms with Crippen molar-refractivity contribution in [2.24, 2.45) is 17.8 Å². The lowest BCUT2D eigenvalue weighted by molar-refractivity contribution is -0.337. The van der Waals surface area contributed by atoms with Gasteiger partial charge in [0.15, 0.2) is 17.7 Å². The standard InChI is InChI=1S/C32H44O8/c1-6-27-19(3)10-11-31(40-27)16-24-14-23(39-31)15-26(33)20(4)12-18(2)8-7-9-22-17-37-29-28(34)21(5)13-25(30(35)38-24)32(22,29)36/h7-9,12-13,18-19,23-27,29,33,36H,6,10-11,14-17H2,1-5H3/b8-7+,20-12-,22-9+/t18-,19-,23-,24-,25-,26-,27+,29+,31+,32+/m0/s1. The first-order valence-electron chi connectivity index (χ1n) is 14.8. The van der Waals surface area contributed by atoms with Crippen molar-refractivity contribution in [3.05, 3.63) is 47.1 Å². The summed E-state index contributed by atoms with van der Waals surface area (Å²) < 4.78 is 25.1. The number of carbonyl (C=O) groups is 2. The van der Waals surface area contributed by atoms with Gasteiger partial charge in [0.25, 0.3) is 0 Å². The molecule has 1 aliphatic carbocycles. The summed E-state index contributed by atoms with van der Waals surface area (Å²) in [5, 5.41) is 23.1. The summed E-state index contributed by atoms with van der Waals surface area (Å²) in [4.78, 5) is 26.8. The molecule has 0 aromatic heterocycles. The fourth-order valence-corrected chi connectivity index (χ4v) is 7.08. The lowest BCUT2D eigenvalue weighted by atomic mass is 9.71. The van der Waals surface area contributed by atoms with Gasteiger partial charge in [-0.3, -0.25) is 9.59 Å². The Kier molecular flexibility index (Phi) is 8.30. The highest BCUT2D eigenvalue weighted by Crippen LogP contribution is 2.46. The van der Waals surface area contributed by atoms with E-state index in [9.17, 15) is 19.8 Å². The molecule has 2 N–H and O–H groups in total. The molecule has 0 amide bonds. The van der Waals surface area contributed by atoms with Gasteiger partial charge in [0.1, 0.15) is 17.6 Å². The summed E-state index contributed by atoms with van der Waals surface area (Å²) in [6, 6.07) is 0. The monoisotopic (exact) mass is 556 g/mol. The van der Waals surface area contributed by atoms with Gasteiger partial charge in [-0.2, -0.15) is 0 Å². The predicted octanol–water partition coefficient (Wildman–Crippen LogP) is 4.10. The van der Waals surface area contributed by atoms with E-state index in [0.29, 0.717) is 42.7 Å². The predicted molar refractivity (Wildman–Crippen MR) is 148 cm³/mol. The lowest BCUT2D eigenvalue weighted by Crippen LogP contribution is -2.57. The second-order valence-corrected chi connectivity index (χ2v) is 12.5. The largest absolute Gasteiger partial charge is 0.462 e. The van der Waals surface area contributed by atoms with E-state index < -0.39 is 41.6 Å².